The van der Waals surface area contributed by atoms with Crippen LogP contribution in [0.4, 0.5) is 0 Å². The molecule has 0 spiro atoms. The van der Waals surface area contributed by atoms with E-state index in [0.717, 1.165) is 12.1 Å². The largest absolute Gasteiger partial charge is 0.356 e. The van der Waals surface area contributed by atoms with Crippen LogP contribution in [0, 0.1) is 0 Å². The fourth-order valence-corrected chi connectivity index (χ4v) is 2.15. The maximum Gasteiger partial charge on any atom is 0.240 e. The Hall–Kier alpha value is -1.37. The third-order valence-electron chi connectivity index (χ3n) is 2.06. The molecule has 0 aromatic carbocycles. The van der Waals surface area contributed by atoms with Crippen LogP contribution in [0.3, 0.4) is 0 Å². The first-order chi connectivity index (χ1) is 8.52. The van der Waals surface area contributed by atoms with E-state index in [1.54, 1.807) is 0 Å². The summed E-state index contributed by atoms with van der Waals surface area (Å²) in [5.41, 5.74) is 0.807. The molecule has 1 aliphatic heterocycles. The summed E-state index contributed by atoms with van der Waals surface area (Å²) in [4.78, 5) is 23.1. The fourth-order valence-electron chi connectivity index (χ4n) is 1.24. The minimum Gasteiger partial charge on any atom is -0.356 e. The Morgan fingerprint density at radius 1 is 1.50 bits per heavy atom. The van der Waals surface area contributed by atoms with E-state index in [1.807, 2.05) is 20.8 Å². The molecule has 18 heavy (non-hydrogen) atoms. The van der Waals surface area contributed by atoms with Gasteiger partial charge in [-0.2, -0.15) is 5.10 Å². The second-order valence-electron chi connectivity index (χ2n) is 4.10. The van der Waals surface area contributed by atoms with Crippen molar-refractivity contribution in [1.82, 2.24) is 10.6 Å². The summed E-state index contributed by atoms with van der Waals surface area (Å²) in [6.07, 6.45) is 1.05. The molecule has 6 nitrogen and oxygen atoms in total. The topological polar surface area (TPSA) is 82.9 Å². The summed E-state index contributed by atoms with van der Waals surface area (Å²) in [6.45, 7) is 6.26. The van der Waals surface area contributed by atoms with Gasteiger partial charge in [-0.25, -0.2) is 0 Å². The molecule has 1 atom stereocenters. The minimum absolute atomic E-state index is 0.110. The van der Waals surface area contributed by atoms with Crippen molar-refractivity contribution in [2.45, 2.75) is 38.9 Å². The van der Waals surface area contributed by atoms with E-state index in [1.165, 1.54) is 11.8 Å². The number of nitrogens with zero attached hydrogens (tertiary/aromatic N) is 2. The van der Waals surface area contributed by atoms with Crippen LogP contribution < -0.4 is 10.6 Å². The monoisotopic (exact) mass is 270 g/mol. The highest BCUT2D eigenvalue weighted by molar-refractivity contribution is 8.15. The predicted octanol–water partition coefficient (Wildman–Crippen LogP) is 0.886. The number of amides is 2. The molecule has 1 saturated heterocycles. The highest BCUT2D eigenvalue weighted by Crippen LogP contribution is 2.22. The zero-order valence-electron chi connectivity index (χ0n) is 10.8. The molecule has 2 amide bonds. The van der Waals surface area contributed by atoms with Crippen LogP contribution in [-0.2, 0) is 9.59 Å². The number of amidine groups is 1. The molecule has 0 bridgehead atoms. The summed E-state index contributed by atoms with van der Waals surface area (Å²) < 4.78 is 0. The van der Waals surface area contributed by atoms with Crippen LogP contribution in [0.5, 0.6) is 0 Å². The zero-order chi connectivity index (χ0) is 13.5. The Labute approximate surface area is 111 Å². The van der Waals surface area contributed by atoms with Crippen LogP contribution >= 0.6 is 11.8 Å². The molecule has 0 radical (unpaired) electrons. The van der Waals surface area contributed by atoms with E-state index < -0.39 is 5.25 Å². The van der Waals surface area contributed by atoms with Crippen molar-refractivity contribution in [2.24, 2.45) is 10.2 Å². The predicted molar refractivity (Wildman–Crippen MR) is 73.7 cm³/mol. The zero-order valence-corrected chi connectivity index (χ0v) is 11.6. The highest BCUT2D eigenvalue weighted by atomic mass is 32.2. The maximum absolute atomic E-state index is 11.6. The number of nitrogens with one attached hydrogen (secondary N) is 2. The smallest absolute Gasteiger partial charge is 0.240 e. The average Bonchev–Trinajstić information content (AvgIpc) is 2.65. The Morgan fingerprint density at radius 3 is 2.83 bits per heavy atom. The molecule has 2 N–H and O–H groups in total. The first-order valence-corrected chi connectivity index (χ1v) is 6.74. The van der Waals surface area contributed by atoms with Gasteiger partial charge in [0.05, 0.1) is 0 Å². The van der Waals surface area contributed by atoms with E-state index >= 15 is 0 Å². The number of thioether (sulfide) groups is 1. The summed E-state index contributed by atoms with van der Waals surface area (Å²) >= 11 is 1.24. The third-order valence-corrected chi connectivity index (χ3v) is 3.13. The second-order valence-corrected chi connectivity index (χ2v) is 5.29. The van der Waals surface area contributed by atoms with Crippen LogP contribution in [0.2, 0.25) is 0 Å². The van der Waals surface area contributed by atoms with Gasteiger partial charge in [0, 0.05) is 18.7 Å². The molecule has 0 saturated carbocycles. The lowest BCUT2D eigenvalue weighted by Crippen LogP contribution is -2.31. The van der Waals surface area contributed by atoms with Crippen LogP contribution in [0.1, 0.15) is 33.6 Å². The van der Waals surface area contributed by atoms with Gasteiger partial charge < -0.3 is 10.6 Å². The molecule has 1 heterocycles. The summed E-state index contributed by atoms with van der Waals surface area (Å²) in [6, 6.07) is 0. The number of hydrogen-bond donors (Lipinski definition) is 2. The van der Waals surface area contributed by atoms with E-state index in [4.69, 9.17) is 0 Å². The first-order valence-electron chi connectivity index (χ1n) is 5.86. The molecule has 7 heteroatoms. The van der Waals surface area contributed by atoms with Gasteiger partial charge in [0.25, 0.3) is 0 Å². The first kappa shape index (κ1) is 14.7. The van der Waals surface area contributed by atoms with Crippen LogP contribution in [0.25, 0.3) is 0 Å². The number of hydrogen-bond acceptors (Lipinski definition) is 5. The van der Waals surface area contributed by atoms with Gasteiger partial charge in [-0.15, -0.1) is 5.10 Å². The molecule has 1 unspecified atom stereocenters. The van der Waals surface area contributed by atoms with Gasteiger partial charge in [0.1, 0.15) is 5.25 Å². The lowest BCUT2D eigenvalue weighted by Gasteiger charge is -2.05. The summed E-state index contributed by atoms with van der Waals surface area (Å²) in [7, 11) is 0. The molecule has 0 aliphatic carbocycles. The minimum atomic E-state index is -0.409. The SMILES string of the molecule is CCCNC(=O)CC1S/C(=N/N=C(C)C)NC1=O. The van der Waals surface area contributed by atoms with Crippen molar-refractivity contribution in [1.29, 1.82) is 0 Å². The molecular weight excluding hydrogens is 252 g/mol. The van der Waals surface area contributed by atoms with E-state index in [-0.39, 0.29) is 18.2 Å². The normalized spacial score (nSPS) is 20.7. The second kappa shape index (κ2) is 7.15. The molecule has 1 rings (SSSR count). The standard InChI is InChI=1S/C11H18N4O2S/c1-4-5-12-9(16)6-8-10(17)13-11(18-8)15-14-7(2)3/h8H,4-6H2,1-3H3,(H,12,16)(H,13,15,17). The van der Waals surface area contributed by atoms with Gasteiger partial charge in [0.2, 0.25) is 11.8 Å². The summed E-state index contributed by atoms with van der Waals surface area (Å²) in [5.74, 6) is -0.296. The maximum atomic E-state index is 11.6. The number of rotatable bonds is 5. The summed E-state index contributed by atoms with van der Waals surface area (Å²) in [5, 5.41) is 13.2. The quantitative estimate of drug-likeness (QED) is 0.575. The Morgan fingerprint density at radius 2 is 2.22 bits per heavy atom. The van der Waals surface area contributed by atoms with Crippen molar-refractivity contribution < 1.29 is 9.59 Å². The molecule has 0 aromatic heterocycles. The van der Waals surface area contributed by atoms with Crippen molar-refractivity contribution in [3.05, 3.63) is 0 Å². The van der Waals surface area contributed by atoms with Crippen LogP contribution in [0.15, 0.2) is 10.2 Å². The molecular formula is C11H18N4O2S. The van der Waals surface area contributed by atoms with Crippen molar-refractivity contribution in [3.63, 3.8) is 0 Å². The molecule has 1 aliphatic rings. The van der Waals surface area contributed by atoms with Gasteiger partial charge in [0.15, 0.2) is 5.17 Å². The number of carbonyl (C=O) groups excluding carboxylic acids is 2. The van der Waals surface area contributed by atoms with Crippen molar-refractivity contribution in [3.8, 4) is 0 Å². The molecule has 1 fully saturated rings. The number of carbonyl (C=O) groups is 2. The third kappa shape index (κ3) is 4.87. The van der Waals surface area contributed by atoms with Crippen molar-refractivity contribution >= 4 is 34.5 Å². The Kier molecular flexibility index (Phi) is 5.84. The average molecular weight is 270 g/mol. The van der Waals surface area contributed by atoms with E-state index in [2.05, 4.69) is 20.8 Å². The molecule has 0 aromatic rings. The van der Waals surface area contributed by atoms with Crippen LogP contribution in [-0.4, -0.2) is 34.5 Å². The van der Waals surface area contributed by atoms with Gasteiger partial charge in [-0.05, 0) is 20.3 Å². The van der Waals surface area contributed by atoms with Gasteiger partial charge in [-0.3, -0.25) is 9.59 Å². The fraction of sp³-hybridized carbons (Fsp3) is 0.636. The lowest BCUT2D eigenvalue weighted by atomic mass is 10.2. The highest BCUT2D eigenvalue weighted by Gasteiger charge is 2.32. The molecule has 100 valence electrons. The van der Waals surface area contributed by atoms with Gasteiger partial charge >= 0.3 is 0 Å². The lowest BCUT2D eigenvalue weighted by molar-refractivity contribution is -0.125. The Balaban J connectivity index is 2.50. The Bertz CT molecular complexity index is 389. The van der Waals surface area contributed by atoms with Crippen molar-refractivity contribution in [2.75, 3.05) is 6.54 Å². The van der Waals surface area contributed by atoms with E-state index in [9.17, 15) is 9.59 Å². The van der Waals surface area contributed by atoms with E-state index in [0.29, 0.717) is 11.7 Å². The van der Waals surface area contributed by atoms with Gasteiger partial charge in [-0.1, -0.05) is 18.7 Å².